The predicted molar refractivity (Wildman–Crippen MR) is 183 cm³/mol. The zero-order valence-electron chi connectivity index (χ0n) is 23.8. The van der Waals surface area contributed by atoms with Crippen molar-refractivity contribution in [2.45, 2.75) is 17.1 Å². The molecule has 5 aromatic rings. The van der Waals surface area contributed by atoms with E-state index in [1.165, 1.54) is 35.2 Å². The number of carbonyl (C=O) groups is 3. The number of thioether (sulfide) groups is 1. The van der Waals surface area contributed by atoms with Crippen LogP contribution in [0.1, 0.15) is 22.8 Å². The Balaban J connectivity index is 1.25. The lowest BCUT2D eigenvalue weighted by molar-refractivity contribution is -0.115. The van der Waals surface area contributed by atoms with E-state index in [9.17, 15) is 18.8 Å². The van der Waals surface area contributed by atoms with E-state index in [-0.39, 0.29) is 17.4 Å². The van der Waals surface area contributed by atoms with Gasteiger partial charge >= 0.3 is 0 Å². The molecule has 45 heavy (non-hydrogen) atoms. The van der Waals surface area contributed by atoms with Crippen LogP contribution in [0.2, 0.25) is 0 Å². The van der Waals surface area contributed by atoms with Gasteiger partial charge in [0.25, 0.3) is 11.8 Å². The Morgan fingerprint density at radius 2 is 1.67 bits per heavy atom. The number of thiazole rings is 1. The molecule has 0 fully saturated rings. The van der Waals surface area contributed by atoms with Gasteiger partial charge in [-0.25, -0.2) is 9.37 Å². The highest BCUT2D eigenvalue weighted by molar-refractivity contribution is 9.10. The van der Waals surface area contributed by atoms with Gasteiger partial charge < -0.3 is 16.0 Å². The molecule has 3 N–H and O–H groups in total. The van der Waals surface area contributed by atoms with E-state index >= 15 is 0 Å². The smallest absolute Gasteiger partial charge is 0.272 e. The van der Waals surface area contributed by atoms with Crippen LogP contribution in [0.4, 0.5) is 15.2 Å². The Bertz CT molecular complexity index is 1860. The normalized spacial score (nSPS) is 11.8. The fourth-order valence-corrected chi connectivity index (χ4v) is 6.17. The van der Waals surface area contributed by atoms with Crippen LogP contribution in [0.15, 0.2) is 124 Å². The van der Waals surface area contributed by atoms with Crippen LogP contribution >= 0.6 is 39.0 Å². The van der Waals surface area contributed by atoms with Crippen LogP contribution in [0.25, 0.3) is 17.3 Å². The van der Waals surface area contributed by atoms with Gasteiger partial charge in [0.05, 0.1) is 10.9 Å². The highest BCUT2D eigenvalue weighted by Gasteiger charge is 2.18. The van der Waals surface area contributed by atoms with Crippen molar-refractivity contribution < 1.29 is 18.8 Å². The Morgan fingerprint density at radius 3 is 2.42 bits per heavy atom. The second kappa shape index (κ2) is 14.9. The summed E-state index contributed by atoms with van der Waals surface area (Å²) in [4.78, 5) is 44.5. The van der Waals surface area contributed by atoms with Crippen molar-refractivity contribution in [1.82, 2.24) is 10.3 Å². The van der Waals surface area contributed by atoms with Crippen LogP contribution in [0, 0.1) is 5.82 Å². The van der Waals surface area contributed by atoms with E-state index in [1.807, 2.05) is 36.4 Å². The van der Waals surface area contributed by atoms with Gasteiger partial charge in [0.1, 0.15) is 11.5 Å². The average molecular weight is 702 g/mol. The van der Waals surface area contributed by atoms with E-state index < -0.39 is 17.1 Å². The van der Waals surface area contributed by atoms with Crippen molar-refractivity contribution in [3.63, 3.8) is 0 Å². The molecule has 0 aliphatic heterocycles. The molecule has 1 unspecified atom stereocenters. The van der Waals surface area contributed by atoms with Gasteiger partial charge in [-0.1, -0.05) is 52.3 Å². The van der Waals surface area contributed by atoms with Crippen molar-refractivity contribution in [2.75, 3.05) is 10.6 Å². The van der Waals surface area contributed by atoms with Gasteiger partial charge in [-0.15, -0.1) is 23.1 Å². The minimum Gasteiger partial charge on any atom is -0.321 e. The maximum absolute atomic E-state index is 13.4. The summed E-state index contributed by atoms with van der Waals surface area (Å²) in [6.45, 7) is 1.78. The molecule has 5 rings (SSSR count). The topological polar surface area (TPSA) is 100 Å². The van der Waals surface area contributed by atoms with E-state index in [2.05, 4.69) is 36.9 Å². The van der Waals surface area contributed by atoms with Gasteiger partial charge in [0, 0.05) is 31.6 Å². The molecule has 4 aromatic carbocycles. The van der Waals surface area contributed by atoms with Crippen LogP contribution in [-0.2, 0) is 9.59 Å². The zero-order valence-corrected chi connectivity index (χ0v) is 27.0. The molecule has 0 aliphatic carbocycles. The summed E-state index contributed by atoms with van der Waals surface area (Å²) in [5, 5.41) is 10.2. The molecule has 1 atom stereocenters. The number of aromatic nitrogens is 1. The predicted octanol–water partition coefficient (Wildman–Crippen LogP) is 8.24. The molecule has 0 spiro atoms. The molecule has 7 nitrogen and oxygen atoms in total. The summed E-state index contributed by atoms with van der Waals surface area (Å²) in [5.41, 5.74) is 3.10. The Hall–Kier alpha value is -4.58. The number of hydrogen-bond donors (Lipinski definition) is 3. The third-order valence-electron chi connectivity index (χ3n) is 6.34. The summed E-state index contributed by atoms with van der Waals surface area (Å²) in [7, 11) is 0. The molecule has 226 valence electrons. The number of amides is 3. The minimum absolute atomic E-state index is 0.0659. The quantitative estimate of drug-likeness (QED) is 0.101. The second-order valence-electron chi connectivity index (χ2n) is 9.71. The number of benzene rings is 4. The monoisotopic (exact) mass is 700 g/mol. The number of nitrogens with one attached hydrogen (secondary N) is 3. The van der Waals surface area contributed by atoms with Crippen LogP contribution in [0.3, 0.4) is 0 Å². The highest BCUT2D eigenvalue weighted by Crippen LogP contribution is 2.29. The summed E-state index contributed by atoms with van der Waals surface area (Å²) in [6, 6.07) is 29.1. The van der Waals surface area contributed by atoms with Gasteiger partial charge in [0.15, 0.2) is 5.13 Å². The van der Waals surface area contributed by atoms with Crippen molar-refractivity contribution in [1.29, 1.82) is 0 Å². The van der Waals surface area contributed by atoms with Gasteiger partial charge in [-0.3, -0.25) is 14.4 Å². The molecular formula is C34H26BrFN4O3S2. The zero-order chi connectivity index (χ0) is 31.8. The standard InChI is InChI=1S/C34H26BrFN4O3S2/c1-21(31(41)40-34-39-30(20-44-34)23-13-15-26(36)16-14-23)45-28-12-6-11-27(19-28)37-33(43)29(18-22-7-5-10-25(35)17-22)38-32(42)24-8-3-2-4-9-24/h2-21H,1H3,(H,37,43)(H,38,42)(H,39,40,41)/b29-18+. The van der Waals surface area contributed by atoms with Crippen molar-refractivity contribution in [2.24, 2.45) is 0 Å². The molecule has 3 amide bonds. The Morgan fingerprint density at radius 1 is 0.911 bits per heavy atom. The number of carbonyl (C=O) groups excluding carboxylic acids is 3. The summed E-state index contributed by atoms with van der Waals surface area (Å²) in [6.07, 6.45) is 1.60. The first-order valence-electron chi connectivity index (χ1n) is 13.7. The third kappa shape index (κ3) is 8.98. The second-order valence-corrected chi connectivity index (χ2v) is 12.9. The molecule has 1 heterocycles. The lowest BCUT2D eigenvalue weighted by Crippen LogP contribution is -2.30. The molecule has 0 saturated carbocycles. The minimum atomic E-state index is -0.507. The van der Waals surface area contributed by atoms with E-state index in [0.29, 0.717) is 22.1 Å². The van der Waals surface area contributed by atoms with Gasteiger partial charge in [-0.2, -0.15) is 0 Å². The maximum atomic E-state index is 13.4. The number of hydrogen-bond acceptors (Lipinski definition) is 6. The molecule has 0 saturated heterocycles. The number of halogens is 2. The van der Waals surface area contributed by atoms with Crippen LogP contribution in [0.5, 0.6) is 0 Å². The third-order valence-corrected chi connectivity index (χ3v) is 8.68. The number of rotatable bonds is 10. The van der Waals surface area contributed by atoms with Crippen molar-refractivity contribution in [3.8, 4) is 11.3 Å². The van der Waals surface area contributed by atoms with E-state index in [1.54, 1.807) is 73.0 Å². The van der Waals surface area contributed by atoms with Gasteiger partial charge in [-0.05, 0) is 85.3 Å². The lowest BCUT2D eigenvalue weighted by atomic mass is 10.1. The Kier molecular flexibility index (Phi) is 10.6. The van der Waals surface area contributed by atoms with E-state index in [0.717, 1.165) is 20.5 Å². The number of anilines is 2. The lowest BCUT2D eigenvalue weighted by Gasteiger charge is -2.14. The number of nitrogens with zero attached hydrogens (tertiary/aromatic N) is 1. The molecular weight excluding hydrogens is 675 g/mol. The Labute approximate surface area is 276 Å². The first-order valence-corrected chi connectivity index (χ1v) is 16.2. The van der Waals surface area contributed by atoms with Gasteiger partial charge in [0.2, 0.25) is 5.91 Å². The molecule has 11 heteroatoms. The van der Waals surface area contributed by atoms with Crippen molar-refractivity contribution >= 4 is 73.6 Å². The first-order chi connectivity index (χ1) is 21.7. The molecule has 0 radical (unpaired) electrons. The maximum Gasteiger partial charge on any atom is 0.272 e. The largest absolute Gasteiger partial charge is 0.321 e. The fourth-order valence-electron chi connectivity index (χ4n) is 4.10. The summed E-state index contributed by atoms with van der Waals surface area (Å²) in [5.74, 6) is -1.49. The summed E-state index contributed by atoms with van der Waals surface area (Å²) < 4.78 is 14.1. The van der Waals surface area contributed by atoms with Crippen LogP contribution < -0.4 is 16.0 Å². The summed E-state index contributed by atoms with van der Waals surface area (Å²) >= 11 is 6.04. The van der Waals surface area contributed by atoms with E-state index in [4.69, 9.17) is 0 Å². The average Bonchev–Trinajstić information content (AvgIpc) is 3.50. The molecule has 0 bridgehead atoms. The highest BCUT2D eigenvalue weighted by atomic mass is 79.9. The fraction of sp³-hybridized carbons (Fsp3) is 0.0588. The van der Waals surface area contributed by atoms with Crippen molar-refractivity contribution in [3.05, 3.63) is 136 Å². The first kappa shape index (κ1) is 31.8. The SMILES string of the molecule is CC(Sc1cccc(NC(=O)/C(=C\c2cccc(Br)c2)NC(=O)c2ccccc2)c1)C(=O)Nc1nc(-c2ccc(F)cc2)cs1. The molecule has 0 aliphatic rings. The molecule has 1 aromatic heterocycles. The van der Waals surface area contributed by atoms with Crippen LogP contribution in [-0.4, -0.2) is 28.0 Å².